The van der Waals surface area contributed by atoms with Gasteiger partial charge in [0.15, 0.2) is 0 Å². The Labute approximate surface area is 122 Å². The molecule has 3 N–H and O–H groups in total. The zero-order valence-electron chi connectivity index (χ0n) is 11.8. The van der Waals surface area contributed by atoms with Crippen molar-refractivity contribution >= 4 is 22.3 Å². The first-order chi connectivity index (χ1) is 10.2. The number of nitrogens with zero attached hydrogens (tertiary/aromatic N) is 2. The van der Waals surface area contributed by atoms with E-state index in [0.717, 1.165) is 50.2 Å². The highest BCUT2D eigenvalue weighted by molar-refractivity contribution is 5.99. The third-order valence-corrected chi connectivity index (χ3v) is 3.70. The van der Waals surface area contributed by atoms with E-state index in [2.05, 4.69) is 15.2 Å². The van der Waals surface area contributed by atoms with Crippen LogP contribution in [-0.4, -0.2) is 49.3 Å². The molecular weight excluding hydrogens is 271 g/mol. The minimum atomic E-state index is -0.343. The lowest BCUT2D eigenvalue weighted by atomic mass is 10.1. The number of hydrogen-bond donors (Lipinski definition) is 2. The van der Waals surface area contributed by atoms with Gasteiger partial charge in [0, 0.05) is 48.8 Å². The van der Waals surface area contributed by atoms with Crippen molar-refractivity contribution in [2.45, 2.75) is 0 Å². The Morgan fingerprint density at radius 1 is 1.29 bits per heavy atom. The Morgan fingerprint density at radius 2 is 2.10 bits per heavy atom. The summed E-state index contributed by atoms with van der Waals surface area (Å²) in [5.41, 5.74) is 6.29. The molecule has 2 aromatic rings. The van der Waals surface area contributed by atoms with E-state index in [9.17, 15) is 4.39 Å². The van der Waals surface area contributed by atoms with Gasteiger partial charge >= 0.3 is 0 Å². The fourth-order valence-corrected chi connectivity index (χ4v) is 2.57. The van der Waals surface area contributed by atoms with Crippen LogP contribution in [0.2, 0.25) is 0 Å². The van der Waals surface area contributed by atoms with Gasteiger partial charge in [-0.25, -0.2) is 9.37 Å². The number of fused-ring (bicyclic) bond motifs is 1. The molecule has 1 fully saturated rings. The summed E-state index contributed by atoms with van der Waals surface area (Å²) in [5, 5.41) is 4.81. The molecule has 0 aliphatic carbocycles. The highest BCUT2D eigenvalue weighted by atomic mass is 19.1. The number of rotatable bonds is 4. The molecule has 2 heterocycles. The van der Waals surface area contributed by atoms with Crippen molar-refractivity contribution in [3.8, 4) is 0 Å². The van der Waals surface area contributed by atoms with E-state index < -0.39 is 0 Å². The lowest BCUT2D eigenvalue weighted by molar-refractivity contribution is 0.0398. The van der Waals surface area contributed by atoms with Crippen molar-refractivity contribution in [1.29, 1.82) is 0 Å². The number of nitrogens with one attached hydrogen (secondary N) is 1. The minimum Gasteiger partial charge on any atom is -0.398 e. The Balaban J connectivity index is 1.71. The topological polar surface area (TPSA) is 63.4 Å². The van der Waals surface area contributed by atoms with Crippen molar-refractivity contribution in [2.24, 2.45) is 0 Å². The lowest BCUT2D eigenvalue weighted by Gasteiger charge is -2.26. The second kappa shape index (κ2) is 6.24. The molecule has 21 heavy (non-hydrogen) atoms. The first-order valence-electron chi connectivity index (χ1n) is 7.12. The van der Waals surface area contributed by atoms with Gasteiger partial charge < -0.3 is 15.8 Å². The van der Waals surface area contributed by atoms with Crippen LogP contribution in [0.15, 0.2) is 24.4 Å². The monoisotopic (exact) mass is 290 g/mol. The molecular formula is C15H19FN4O. The van der Waals surface area contributed by atoms with E-state index in [1.54, 1.807) is 12.3 Å². The summed E-state index contributed by atoms with van der Waals surface area (Å²) in [7, 11) is 0. The molecule has 0 atom stereocenters. The lowest BCUT2D eigenvalue weighted by Crippen LogP contribution is -2.39. The maximum absolute atomic E-state index is 13.5. The summed E-state index contributed by atoms with van der Waals surface area (Å²) in [5.74, 6) is 0.330. The molecule has 6 heteroatoms. The summed E-state index contributed by atoms with van der Waals surface area (Å²) in [6.45, 7) is 5.13. The molecule has 0 amide bonds. The Bertz CT molecular complexity index is 628. The van der Waals surface area contributed by atoms with Crippen LogP contribution < -0.4 is 11.1 Å². The number of hydrogen-bond acceptors (Lipinski definition) is 5. The number of benzene rings is 1. The fraction of sp³-hybridized carbons (Fsp3) is 0.400. The number of pyridine rings is 1. The predicted octanol–water partition coefficient (Wildman–Crippen LogP) is 1.70. The Hall–Kier alpha value is -1.92. The van der Waals surface area contributed by atoms with Gasteiger partial charge in [-0.2, -0.15) is 0 Å². The van der Waals surface area contributed by atoms with Gasteiger partial charge in [-0.3, -0.25) is 4.90 Å². The third-order valence-electron chi connectivity index (χ3n) is 3.70. The van der Waals surface area contributed by atoms with Crippen molar-refractivity contribution in [2.75, 3.05) is 50.4 Å². The Kier molecular flexibility index (Phi) is 4.17. The van der Waals surface area contributed by atoms with Gasteiger partial charge in [0.25, 0.3) is 0 Å². The number of aromatic nitrogens is 1. The van der Waals surface area contributed by atoms with Gasteiger partial charge in [-0.05, 0) is 18.2 Å². The molecule has 0 spiro atoms. The molecule has 1 saturated heterocycles. The molecule has 112 valence electrons. The third kappa shape index (κ3) is 3.22. The molecule has 0 radical (unpaired) electrons. The van der Waals surface area contributed by atoms with Gasteiger partial charge in [-0.1, -0.05) is 0 Å². The van der Waals surface area contributed by atoms with Gasteiger partial charge in [-0.15, -0.1) is 0 Å². The zero-order valence-corrected chi connectivity index (χ0v) is 11.8. The van der Waals surface area contributed by atoms with Crippen molar-refractivity contribution in [1.82, 2.24) is 9.88 Å². The van der Waals surface area contributed by atoms with Crippen LogP contribution >= 0.6 is 0 Å². The van der Waals surface area contributed by atoms with E-state index in [0.29, 0.717) is 11.5 Å². The predicted molar refractivity (Wildman–Crippen MR) is 81.9 cm³/mol. The SMILES string of the molecule is Nc1cc(F)cc2c(NCCN3CCOCC3)nccc12. The maximum atomic E-state index is 13.5. The van der Waals surface area contributed by atoms with Crippen LogP contribution in [0.4, 0.5) is 15.9 Å². The number of morpholine rings is 1. The van der Waals surface area contributed by atoms with Gasteiger partial charge in [0.1, 0.15) is 11.6 Å². The number of nitrogen functional groups attached to an aromatic ring is 1. The number of nitrogens with two attached hydrogens (primary N) is 1. The second-order valence-electron chi connectivity index (χ2n) is 5.13. The van der Waals surface area contributed by atoms with E-state index in [1.807, 2.05) is 0 Å². The number of ether oxygens (including phenoxy) is 1. The van der Waals surface area contributed by atoms with Crippen LogP contribution in [0.1, 0.15) is 0 Å². The fourth-order valence-electron chi connectivity index (χ4n) is 2.57. The average molecular weight is 290 g/mol. The molecule has 0 bridgehead atoms. The smallest absolute Gasteiger partial charge is 0.134 e. The van der Waals surface area contributed by atoms with Crippen LogP contribution in [0, 0.1) is 5.82 Å². The van der Waals surface area contributed by atoms with Crippen LogP contribution in [0.3, 0.4) is 0 Å². The zero-order chi connectivity index (χ0) is 14.7. The highest BCUT2D eigenvalue weighted by Crippen LogP contribution is 2.27. The van der Waals surface area contributed by atoms with Gasteiger partial charge in [0.2, 0.25) is 0 Å². The van der Waals surface area contributed by atoms with E-state index >= 15 is 0 Å². The molecule has 3 rings (SSSR count). The molecule has 5 nitrogen and oxygen atoms in total. The summed E-state index contributed by atoms with van der Waals surface area (Å²) in [6, 6.07) is 4.60. The van der Waals surface area contributed by atoms with Crippen LogP contribution in [0.25, 0.3) is 10.8 Å². The molecule has 1 aromatic carbocycles. The van der Waals surface area contributed by atoms with Crippen molar-refractivity contribution in [3.05, 3.63) is 30.2 Å². The summed E-state index contributed by atoms with van der Waals surface area (Å²) < 4.78 is 18.9. The standard InChI is InChI=1S/C15H19FN4O/c16-11-9-13-12(14(17)10-11)1-2-18-15(13)19-3-4-20-5-7-21-8-6-20/h1-2,9-10H,3-8,17H2,(H,18,19). The Morgan fingerprint density at radius 3 is 2.90 bits per heavy atom. The number of halogens is 1. The highest BCUT2D eigenvalue weighted by Gasteiger charge is 2.11. The number of anilines is 2. The molecule has 1 aliphatic heterocycles. The molecule has 1 aliphatic rings. The first-order valence-corrected chi connectivity index (χ1v) is 7.12. The van der Waals surface area contributed by atoms with Crippen molar-refractivity contribution < 1.29 is 9.13 Å². The second-order valence-corrected chi connectivity index (χ2v) is 5.13. The van der Waals surface area contributed by atoms with E-state index in [1.165, 1.54) is 12.1 Å². The van der Waals surface area contributed by atoms with E-state index in [-0.39, 0.29) is 5.82 Å². The van der Waals surface area contributed by atoms with Crippen LogP contribution in [-0.2, 0) is 4.74 Å². The average Bonchev–Trinajstić information content (AvgIpc) is 2.49. The summed E-state index contributed by atoms with van der Waals surface area (Å²) in [6.07, 6.45) is 1.69. The minimum absolute atomic E-state index is 0.343. The summed E-state index contributed by atoms with van der Waals surface area (Å²) >= 11 is 0. The van der Waals surface area contributed by atoms with E-state index in [4.69, 9.17) is 10.5 Å². The van der Waals surface area contributed by atoms with Crippen molar-refractivity contribution in [3.63, 3.8) is 0 Å². The maximum Gasteiger partial charge on any atom is 0.134 e. The van der Waals surface area contributed by atoms with Crippen LogP contribution in [0.5, 0.6) is 0 Å². The normalized spacial score (nSPS) is 16.2. The first kappa shape index (κ1) is 14.0. The van der Waals surface area contributed by atoms with Gasteiger partial charge in [0.05, 0.1) is 13.2 Å². The largest absolute Gasteiger partial charge is 0.398 e. The molecule has 1 aromatic heterocycles. The summed E-state index contributed by atoms with van der Waals surface area (Å²) in [4.78, 5) is 6.63. The molecule has 0 saturated carbocycles. The molecule has 0 unspecified atom stereocenters. The quantitative estimate of drug-likeness (QED) is 0.839.